The molecule has 1 aromatic carbocycles. The van der Waals surface area contributed by atoms with E-state index in [2.05, 4.69) is 5.32 Å². The predicted molar refractivity (Wildman–Crippen MR) is 118 cm³/mol. The SMILES string of the molecule is CC(C)[C@H](NC(=O)C[C@@H]1CCC(=O)N1Cc1cccc(F)c1F)C(=O)NS(=O)(=O)C(C)(C)C. The van der Waals surface area contributed by atoms with E-state index in [-0.39, 0.29) is 30.9 Å². The van der Waals surface area contributed by atoms with Crippen molar-refractivity contribution < 1.29 is 31.6 Å². The number of hydrogen-bond donors (Lipinski definition) is 2. The minimum atomic E-state index is -3.96. The van der Waals surface area contributed by atoms with Gasteiger partial charge in [0.2, 0.25) is 21.8 Å². The normalized spacial score (nSPS) is 17.9. The van der Waals surface area contributed by atoms with Gasteiger partial charge in [-0.05, 0) is 39.2 Å². The average Bonchev–Trinajstić information content (AvgIpc) is 3.01. The van der Waals surface area contributed by atoms with Crippen LogP contribution < -0.4 is 10.0 Å². The molecule has 1 aliphatic rings. The van der Waals surface area contributed by atoms with E-state index in [0.717, 1.165) is 6.07 Å². The van der Waals surface area contributed by atoms with Gasteiger partial charge in [-0.2, -0.15) is 0 Å². The number of likely N-dealkylation sites (tertiary alicyclic amines) is 1. The van der Waals surface area contributed by atoms with Gasteiger partial charge in [-0.3, -0.25) is 19.1 Å². The average molecular weight is 488 g/mol. The van der Waals surface area contributed by atoms with Crippen LogP contribution in [0.4, 0.5) is 8.78 Å². The van der Waals surface area contributed by atoms with E-state index < -0.39 is 56.2 Å². The molecule has 184 valence electrons. The van der Waals surface area contributed by atoms with Crippen molar-refractivity contribution in [2.75, 3.05) is 0 Å². The van der Waals surface area contributed by atoms with Crippen molar-refractivity contribution in [3.8, 4) is 0 Å². The molecule has 0 saturated carbocycles. The molecule has 0 aliphatic carbocycles. The van der Waals surface area contributed by atoms with Crippen molar-refractivity contribution in [1.82, 2.24) is 14.9 Å². The number of rotatable bonds is 8. The third-order valence-electron chi connectivity index (χ3n) is 5.55. The first-order valence-corrected chi connectivity index (χ1v) is 12.2. The summed E-state index contributed by atoms with van der Waals surface area (Å²) in [7, 11) is -3.96. The molecule has 0 bridgehead atoms. The Morgan fingerprint density at radius 3 is 2.42 bits per heavy atom. The fourth-order valence-corrected chi connectivity index (χ4v) is 4.11. The summed E-state index contributed by atoms with van der Waals surface area (Å²) >= 11 is 0. The molecule has 1 aliphatic heterocycles. The minimum Gasteiger partial charge on any atom is -0.344 e. The monoisotopic (exact) mass is 487 g/mol. The fraction of sp³-hybridized carbons (Fsp3) is 0.591. The maximum absolute atomic E-state index is 14.1. The fourth-order valence-electron chi connectivity index (χ4n) is 3.41. The molecule has 2 rings (SSSR count). The van der Waals surface area contributed by atoms with Crippen LogP contribution in [0.2, 0.25) is 0 Å². The maximum Gasteiger partial charge on any atom is 0.256 e. The van der Waals surface area contributed by atoms with E-state index in [1.165, 1.54) is 37.8 Å². The van der Waals surface area contributed by atoms with E-state index >= 15 is 0 Å². The molecular formula is C22H31F2N3O5S. The summed E-state index contributed by atoms with van der Waals surface area (Å²) in [5.41, 5.74) is 0.00230. The van der Waals surface area contributed by atoms with E-state index in [1.807, 2.05) is 4.72 Å². The van der Waals surface area contributed by atoms with Crippen LogP contribution in [0.25, 0.3) is 0 Å². The summed E-state index contributed by atoms with van der Waals surface area (Å²) in [5.74, 6) is -4.17. The minimum absolute atomic E-state index is 0.00230. The van der Waals surface area contributed by atoms with Gasteiger partial charge in [0.05, 0.1) is 4.75 Å². The van der Waals surface area contributed by atoms with Crippen LogP contribution in [0.1, 0.15) is 59.4 Å². The Hall–Kier alpha value is -2.56. The highest BCUT2D eigenvalue weighted by Gasteiger charge is 2.36. The van der Waals surface area contributed by atoms with Crippen LogP contribution in [0, 0.1) is 17.6 Å². The zero-order valence-corrected chi connectivity index (χ0v) is 20.3. The molecule has 3 amide bonds. The van der Waals surface area contributed by atoms with E-state index in [9.17, 15) is 31.6 Å². The standard InChI is InChI=1S/C22H31F2N3O5S/c1-13(2)20(21(30)26-33(31,32)22(3,4)5)25-17(28)11-15-9-10-18(29)27(15)12-14-7-6-8-16(23)19(14)24/h6-8,13,15,20H,9-12H2,1-5H3,(H,25,28)(H,26,30)/t15-,20-/m0/s1. The molecule has 2 atom stereocenters. The molecular weight excluding hydrogens is 456 g/mol. The van der Waals surface area contributed by atoms with Gasteiger partial charge in [0.25, 0.3) is 5.91 Å². The summed E-state index contributed by atoms with van der Waals surface area (Å²) in [6, 6.07) is 2.02. The van der Waals surface area contributed by atoms with Crippen LogP contribution in [0.15, 0.2) is 18.2 Å². The van der Waals surface area contributed by atoms with Gasteiger partial charge >= 0.3 is 0 Å². The topological polar surface area (TPSA) is 113 Å². The van der Waals surface area contributed by atoms with Crippen molar-refractivity contribution in [3.63, 3.8) is 0 Å². The molecule has 0 aromatic heterocycles. The van der Waals surface area contributed by atoms with E-state index in [4.69, 9.17) is 0 Å². The Labute approximate surface area is 193 Å². The number of carbonyl (C=O) groups excluding carboxylic acids is 3. The molecule has 2 N–H and O–H groups in total. The highest BCUT2D eigenvalue weighted by Crippen LogP contribution is 2.25. The first-order valence-electron chi connectivity index (χ1n) is 10.7. The number of nitrogens with zero attached hydrogens (tertiary/aromatic N) is 1. The van der Waals surface area contributed by atoms with Crippen molar-refractivity contribution in [3.05, 3.63) is 35.4 Å². The Balaban J connectivity index is 2.09. The van der Waals surface area contributed by atoms with Crippen LogP contribution in [-0.2, 0) is 31.0 Å². The van der Waals surface area contributed by atoms with Crippen molar-refractivity contribution >= 4 is 27.7 Å². The van der Waals surface area contributed by atoms with Gasteiger partial charge in [0, 0.05) is 31.0 Å². The highest BCUT2D eigenvalue weighted by molar-refractivity contribution is 7.91. The van der Waals surface area contributed by atoms with Crippen LogP contribution in [0.5, 0.6) is 0 Å². The van der Waals surface area contributed by atoms with Gasteiger partial charge < -0.3 is 10.2 Å². The van der Waals surface area contributed by atoms with Gasteiger partial charge in [-0.1, -0.05) is 26.0 Å². The Morgan fingerprint density at radius 2 is 1.85 bits per heavy atom. The van der Waals surface area contributed by atoms with Crippen LogP contribution in [-0.4, -0.2) is 47.9 Å². The van der Waals surface area contributed by atoms with E-state index in [1.54, 1.807) is 13.8 Å². The third kappa shape index (κ3) is 6.49. The summed E-state index contributed by atoms with van der Waals surface area (Å²) in [6.07, 6.45) is 0.345. The molecule has 0 radical (unpaired) electrons. The molecule has 1 heterocycles. The number of amides is 3. The first-order chi connectivity index (χ1) is 15.1. The zero-order chi connectivity index (χ0) is 25.1. The third-order valence-corrected chi connectivity index (χ3v) is 7.63. The highest BCUT2D eigenvalue weighted by atomic mass is 32.2. The number of carbonyl (C=O) groups is 3. The predicted octanol–water partition coefficient (Wildman–Crippen LogP) is 2.23. The lowest BCUT2D eigenvalue weighted by atomic mass is 10.0. The maximum atomic E-state index is 14.1. The second-order valence-corrected chi connectivity index (χ2v) is 11.9. The summed E-state index contributed by atoms with van der Waals surface area (Å²) in [5, 5.41) is 2.55. The lowest BCUT2D eigenvalue weighted by Gasteiger charge is -2.27. The van der Waals surface area contributed by atoms with Crippen molar-refractivity contribution in [2.24, 2.45) is 5.92 Å². The van der Waals surface area contributed by atoms with Crippen LogP contribution >= 0.6 is 0 Å². The molecule has 0 spiro atoms. The number of hydrogen-bond acceptors (Lipinski definition) is 5. The second-order valence-electron chi connectivity index (χ2n) is 9.50. The molecule has 1 aromatic rings. The molecule has 0 unspecified atom stereocenters. The first kappa shape index (κ1) is 26.7. The Morgan fingerprint density at radius 1 is 1.21 bits per heavy atom. The molecule has 1 saturated heterocycles. The van der Waals surface area contributed by atoms with Crippen molar-refractivity contribution in [2.45, 2.75) is 77.3 Å². The second kappa shape index (κ2) is 10.1. The summed E-state index contributed by atoms with van der Waals surface area (Å²) < 4.78 is 53.0. The lowest BCUT2D eigenvalue weighted by molar-refractivity contribution is -0.132. The summed E-state index contributed by atoms with van der Waals surface area (Å²) in [4.78, 5) is 38.9. The molecule has 33 heavy (non-hydrogen) atoms. The van der Waals surface area contributed by atoms with Gasteiger partial charge in [0.15, 0.2) is 11.6 Å². The number of nitrogens with one attached hydrogen (secondary N) is 2. The quantitative estimate of drug-likeness (QED) is 0.584. The Kier molecular flexibility index (Phi) is 8.21. The van der Waals surface area contributed by atoms with E-state index in [0.29, 0.717) is 6.42 Å². The van der Waals surface area contributed by atoms with Crippen molar-refractivity contribution in [1.29, 1.82) is 0 Å². The molecule has 11 heteroatoms. The number of sulfonamides is 1. The van der Waals surface area contributed by atoms with Gasteiger partial charge in [-0.25, -0.2) is 17.2 Å². The number of benzene rings is 1. The lowest BCUT2D eigenvalue weighted by Crippen LogP contribution is -2.54. The molecule has 8 nitrogen and oxygen atoms in total. The number of halogens is 2. The summed E-state index contributed by atoms with van der Waals surface area (Å²) in [6.45, 7) is 7.47. The van der Waals surface area contributed by atoms with Gasteiger partial charge in [-0.15, -0.1) is 0 Å². The zero-order valence-electron chi connectivity index (χ0n) is 19.4. The van der Waals surface area contributed by atoms with Crippen LogP contribution in [0.3, 0.4) is 0 Å². The smallest absolute Gasteiger partial charge is 0.256 e. The Bertz CT molecular complexity index is 1020. The molecule has 1 fully saturated rings. The van der Waals surface area contributed by atoms with Gasteiger partial charge in [0.1, 0.15) is 6.04 Å². The largest absolute Gasteiger partial charge is 0.344 e.